The van der Waals surface area contributed by atoms with E-state index in [1.54, 1.807) is 0 Å². The monoisotopic (exact) mass is 454 g/mol. The lowest BCUT2D eigenvalue weighted by atomic mass is 9.90. The zero-order valence-electron chi connectivity index (χ0n) is 15.3. The Kier molecular flexibility index (Phi) is 4.73. The Morgan fingerprint density at radius 3 is 2.74 bits per heavy atom. The Hall–Kier alpha value is -1.22. The number of ketones is 1. The van der Waals surface area contributed by atoms with E-state index in [1.807, 2.05) is 6.07 Å². The van der Waals surface area contributed by atoms with Gasteiger partial charge in [0.25, 0.3) is 0 Å². The largest absolute Gasteiger partial charge is 0.463 e. The molecule has 0 bridgehead atoms. The number of fused-ring (bicyclic) bond motifs is 1. The van der Waals surface area contributed by atoms with Gasteiger partial charge in [0.05, 0.1) is 17.9 Å². The Labute approximate surface area is 167 Å². The second kappa shape index (κ2) is 6.69. The molecule has 1 saturated carbocycles. The van der Waals surface area contributed by atoms with E-state index in [4.69, 9.17) is 4.42 Å². The second-order valence-electron chi connectivity index (χ2n) is 8.02. The number of carbonyl (C=O) groups excluding carboxylic acids is 1. The van der Waals surface area contributed by atoms with Crippen molar-refractivity contribution in [2.75, 3.05) is 19.3 Å². The van der Waals surface area contributed by atoms with Crippen LogP contribution in [0.3, 0.4) is 0 Å². The van der Waals surface area contributed by atoms with Crippen molar-refractivity contribution in [1.82, 2.24) is 10.0 Å². The molecule has 2 aromatic rings. The molecule has 4 rings (SSSR count). The van der Waals surface area contributed by atoms with Gasteiger partial charge < -0.3 is 9.73 Å². The summed E-state index contributed by atoms with van der Waals surface area (Å²) in [5.74, 6) is -0.317. The van der Waals surface area contributed by atoms with E-state index < -0.39 is 16.1 Å². The Bertz CT molecular complexity index is 1000. The molecule has 2 heterocycles. The molecule has 6 nitrogen and oxygen atoms in total. The van der Waals surface area contributed by atoms with E-state index in [-0.39, 0.29) is 17.1 Å². The number of sulfonamides is 1. The van der Waals surface area contributed by atoms with E-state index in [0.717, 1.165) is 53.1 Å². The predicted molar refractivity (Wildman–Crippen MR) is 108 cm³/mol. The number of benzene rings is 1. The van der Waals surface area contributed by atoms with Gasteiger partial charge in [-0.2, -0.15) is 0 Å². The third kappa shape index (κ3) is 3.72. The number of nitrogens with one attached hydrogen (secondary N) is 2. The van der Waals surface area contributed by atoms with Crippen molar-refractivity contribution in [3.8, 4) is 0 Å². The summed E-state index contributed by atoms with van der Waals surface area (Å²) in [6.45, 7) is 3.58. The van der Waals surface area contributed by atoms with Gasteiger partial charge in [-0.05, 0) is 55.8 Å². The normalized spacial score (nSPS) is 22.9. The van der Waals surface area contributed by atoms with Crippen molar-refractivity contribution < 1.29 is 17.6 Å². The van der Waals surface area contributed by atoms with Gasteiger partial charge in [0.15, 0.2) is 5.78 Å². The summed E-state index contributed by atoms with van der Waals surface area (Å²) in [5.41, 5.74) is 2.34. The molecule has 2 aliphatic rings. The van der Waals surface area contributed by atoms with Gasteiger partial charge in [-0.15, -0.1) is 0 Å². The highest BCUT2D eigenvalue weighted by molar-refractivity contribution is 9.10. The minimum atomic E-state index is -3.52. The van der Waals surface area contributed by atoms with Crippen LogP contribution >= 0.6 is 15.9 Å². The molecule has 2 fully saturated rings. The van der Waals surface area contributed by atoms with Crippen LogP contribution in [0.15, 0.2) is 27.3 Å². The van der Waals surface area contributed by atoms with Gasteiger partial charge in [0, 0.05) is 15.4 Å². The molecule has 1 aliphatic heterocycles. The van der Waals surface area contributed by atoms with Gasteiger partial charge in [0.1, 0.15) is 11.8 Å². The van der Waals surface area contributed by atoms with Gasteiger partial charge in [-0.1, -0.05) is 22.9 Å². The summed E-state index contributed by atoms with van der Waals surface area (Å²) < 4.78 is 33.0. The first kappa shape index (κ1) is 19.1. The highest BCUT2D eigenvalue weighted by atomic mass is 79.9. The maximum Gasteiger partial charge on any atom is 0.209 e. The maximum atomic E-state index is 13.3. The first-order valence-corrected chi connectivity index (χ1v) is 11.8. The molecule has 2 atom stereocenters. The lowest BCUT2D eigenvalue weighted by Gasteiger charge is -2.21. The summed E-state index contributed by atoms with van der Waals surface area (Å²) in [6, 6.07) is 3.14. The number of hydrogen-bond donors (Lipinski definition) is 2. The third-order valence-corrected chi connectivity index (χ3v) is 6.89. The van der Waals surface area contributed by atoms with E-state index in [1.165, 1.54) is 6.26 Å². The average Bonchev–Trinajstić information content (AvgIpc) is 3.02. The lowest BCUT2D eigenvalue weighted by molar-refractivity contribution is 0.0927. The van der Waals surface area contributed by atoms with Crippen molar-refractivity contribution in [3.05, 3.63) is 34.0 Å². The molecule has 8 heteroatoms. The predicted octanol–water partition coefficient (Wildman–Crippen LogP) is 2.96. The molecule has 27 heavy (non-hydrogen) atoms. The molecule has 1 aromatic carbocycles. The zero-order chi connectivity index (χ0) is 19.4. The number of hydrogen-bond acceptors (Lipinski definition) is 5. The molecule has 0 amide bonds. The molecule has 1 aromatic heterocycles. The molecular formula is C19H23BrN2O4S. The van der Waals surface area contributed by atoms with Crippen molar-refractivity contribution in [2.24, 2.45) is 5.92 Å². The molecule has 0 radical (unpaired) electrons. The third-order valence-electron chi connectivity index (χ3n) is 5.75. The van der Waals surface area contributed by atoms with Crippen LogP contribution in [-0.2, 0) is 15.4 Å². The highest BCUT2D eigenvalue weighted by Gasteiger charge is 2.42. The fourth-order valence-electron chi connectivity index (χ4n) is 3.92. The van der Waals surface area contributed by atoms with Crippen LogP contribution in [0.4, 0.5) is 0 Å². The topological polar surface area (TPSA) is 88.4 Å². The van der Waals surface area contributed by atoms with Crippen molar-refractivity contribution in [2.45, 2.75) is 37.6 Å². The fraction of sp³-hybridized carbons (Fsp3) is 0.526. The summed E-state index contributed by atoms with van der Waals surface area (Å²) in [7, 11) is -3.52. The summed E-state index contributed by atoms with van der Waals surface area (Å²) in [5, 5.41) is 3.94. The molecule has 1 aliphatic carbocycles. The molecule has 146 valence electrons. The molecule has 2 unspecified atom stereocenters. The van der Waals surface area contributed by atoms with Crippen molar-refractivity contribution in [1.29, 1.82) is 0 Å². The standard InChI is InChI=1S/C19H23BrN2O4S/c1-19(4-5-19)15-8-12(20)7-13-14(10-26-18(13)15)17(23)16(22-27(2,24)25)11-3-6-21-9-11/h7-8,10-11,16,21-22H,3-6,9H2,1-2H3. The van der Waals surface area contributed by atoms with Crippen LogP contribution in [0.25, 0.3) is 11.0 Å². The highest BCUT2D eigenvalue weighted by Crippen LogP contribution is 2.51. The maximum absolute atomic E-state index is 13.3. The quantitative estimate of drug-likeness (QED) is 0.654. The Morgan fingerprint density at radius 2 is 2.15 bits per heavy atom. The summed E-state index contributed by atoms with van der Waals surface area (Å²) in [6.07, 6.45) is 5.50. The smallest absolute Gasteiger partial charge is 0.209 e. The van der Waals surface area contributed by atoms with Gasteiger partial charge in [0.2, 0.25) is 10.0 Å². The Morgan fingerprint density at radius 1 is 1.41 bits per heavy atom. The van der Waals surface area contributed by atoms with Crippen LogP contribution in [-0.4, -0.2) is 39.6 Å². The first-order valence-electron chi connectivity index (χ1n) is 9.11. The number of halogens is 1. The molecular weight excluding hydrogens is 432 g/mol. The molecule has 1 saturated heterocycles. The SMILES string of the molecule is CC1(c2cc(Br)cc3c(C(=O)C(NS(C)(=O)=O)C4CCNC4)coc23)CC1. The van der Waals surface area contributed by atoms with E-state index in [0.29, 0.717) is 12.1 Å². The number of Topliss-reactive ketones (excluding diaryl/α,β-unsaturated/α-hetero) is 1. The van der Waals surface area contributed by atoms with Crippen LogP contribution in [0.1, 0.15) is 42.1 Å². The minimum absolute atomic E-state index is 0.0789. The van der Waals surface area contributed by atoms with Gasteiger partial charge >= 0.3 is 0 Å². The number of furan rings is 1. The van der Waals surface area contributed by atoms with Crippen LogP contribution < -0.4 is 10.0 Å². The summed E-state index contributed by atoms with van der Waals surface area (Å²) in [4.78, 5) is 13.3. The zero-order valence-corrected chi connectivity index (χ0v) is 17.7. The van der Waals surface area contributed by atoms with E-state index >= 15 is 0 Å². The van der Waals surface area contributed by atoms with Crippen molar-refractivity contribution >= 4 is 42.7 Å². The van der Waals surface area contributed by atoms with Gasteiger partial charge in [-0.25, -0.2) is 13.1 Å². The Balaban J connectivity index is 1.78. The van der Waals surface area contributed by atoms with Crippen LogP contribution in [0.5, 0.6) is 0 Å². The average molecular weight is 455 g/mol. The second-order valence-corrected chi connectivity index (χ2v) is 10.7. The molecule has 0 spiro atoms. The fourth-order valence-corrected chi connectivity index (χ4v) is 5.14. The van der Waals surface area contributed by atoms with Gasteiger partial charge in [-0.3, -0.25) is 4.79 Å². The van der Waals surface area contributed by atoms with Crippen LogP contribution in [0.2, 0.25) is 0 Å². The minimum Gasteiger partial charge on any atom is -0.463 e. The first-order chi connectivity index (χ1) is 12.7. The number of rotatable bonds is 6. The van der Waals surface area contributed by atoms with E-state index in [2.05, 4.69) is 39.0 Å². The lowest BCUT2D eigenvalue weighted by Crippen LogP contribution is -2.46. The summed E-state index contributed by atoms with van der Waals surface area (Å²) >= 11 is 3.55. The number of carbonyl (C=O) groups is 1. The van der Waals surface area contributed by atoms with Crippen LogP contribution in [0, 0.1) is 5.92 Å². The van der Waals surface area contributed by atoms with Crippen molar-refractivity contribution in [3.63, 3.8) is 0 Å². The van der Waals surface area contributed by atoms with E-state index in [9.17, 15) is 13.2 Å². The molecule has 2 N–H and O–H groups in total.